The summed E-state index contributed by atoms with van der Waals surface area (Å²) in [5, 5.41) is 13.3. The Morgan fingerprint density at radius 3 is 2.39 bits per heavy atom. The lowest BCUT2D eigenvalue weighted by Gasteiger charge is -2.35. The van der Waals surface area contributed by atoms with Crippen molar-refractivity contribution in [3.63, 3.8) is 0 Å². The van der Waals surface area contributed by atoms with Crippen molar-refractivity contribution >= 4 is 23.4 Å². The molecule has 0 saturated carbocycles. The van der Waals surface area contributed by atoms with E-state index in [1.54, 1.807) is 0 Å². The Balaban J connectivity index is 2.05. The zero-order valence-electron chi connectivity index (χ0n) is 13.7. The van der Waals surface area contributed by atoms with Crippen LogP contribution in [0.2, 0.25) is 5.02 Å². The molecule has 3 rings (SSSR count). The van der Waals surface area contributed by atoms with Gasteiger partial charge >= 0.3 is 0 Å². The van der Waals surface area contributed by atoms with Crippen LogP contribution in [0, 0.1) is 0 Å². The van der Waals surface area contributed by atoms with E-state index in [-0.39, 0.29) is 11.6 Å². The number of benzene rings is 1. The molecule has 124 valence electrons. The zero-order valence-corrected chi connectivity index (χ0v) is 15.3. The number of hydrogen-bond acceptors (Lipinski definition) is 5. The highest BCUT2D eigenvalue weighted by Gasteiger charge is 2.32. The first-order chi connectivity index (χ1) is 11.0. The fourth-order valence-electron chi connectivity index (χ4n) is 2.85. The third-order valence-electron chi connectivity index (χ3n) is 3.97. The summed E-state index contributed by atoms with van der Waals surface area (Å²) in [4.78, 5) is 2.47. The van der Waals surface area contributed by atoms with E-state index in [2.05, 4.69) is 53.3 Å². The molecule has 1 saturated heterocycles. The Hall–Kier alpha value is -1.11. The van der Waals surface area contributed by atoms with Crippen LogP contribution >= 0.6 is 23.4 Å². The van der Waals surface area contributed by atoms with Gasteiger partial charge in [0, 0.05) is 29.6 Å². The molecule has 7 heteroatoms. The maximum atomic E-state index is 6.07. The van der Waals surface area contributed by atoms with Crippen LogP contribution in [0.1, 0.15) is 38.2 Å². The van der Waals surface area contributed by atoms with Crippen LogP contribution in [0.25, 0.3) is 0 Å². The second-order valence-corrected chi connectivity index (χ2v) is 8.38. The van der Waals surface area contributed by atoms with Crippen molar-refractivity contribution in [3.05, 3.63) is 40.7 Å². The van der Waals surface area contributed by atoms with Gasteiger partial charge in [-0.25, -0.2) is 4.68 Å². The summed E-state index contributed by atoms with van der Waals surface area (Å²) in [5.41, 5.74) is 1.02. The first-order valence-electron chi connectivity index (χ1n) is 7.83. The minimum absolute atomic E-state index is 0.0578. The van der Waals surface area contributed by atoms with Crippen LogP contribution in [0.4, 0.5) is 0 Å². The third-order valence-corrected chi connectivity index (χ3v) is 5.16. The second kappa shape index (κ2) is 6.79. The summed E-state index contributed by atoms with van der Waals surface area (Å²) in [7, 11) is 0. The number of tetrazole rings is 1. The Labute approximate surface area is 146 Å². The van der Waals surface area contributed by atoms with Crippen molar-refractivity contribution in [1.82, 2.24) is 25.1 Å². The van der Waals surface area contributed by atoms with E-state index in [1.807, 2.05) is 28.6 Å². The zero-order chi connectivity index (χ0) is 16.4. The van der Waals surface area contributed by atoms with Gasteiger partial charge in [0.2, 0.25) is 0 Å². The molecule has 2 heterocycles. The predicted molar refractivity (Wildman–Crippen MR) is 95.0 cm³/mol. The quantitative estimate of drug-likeness (QED) is 0.849. The van der Waals surface area contributed by atoms with Crippen molar-refractivity contribution in [2.24, 2.45) is 0 Å². The van der Waals surface area contributed by atoms with E-state index in [1.165, 1.54) is 5.56 Å². The second-order valence-electron chi connectivity index (χ2n) is 6.72. The standard InChI is InChI=1S/C16H22ClN5S/c1-16(2,3)22-15(18-19-20-22)14(21-8-10-23-11-9-21)12-4-6-13(17)7-5-12/h4-7,14H,8-11H2,1-3H3/t14-/m1/s1. The average molecular weight is 352 g/mol. The number of halogens is 1. The predicted octanol–water partition coefficient (Wildman–Crippen LogP) is 3.22. The topological polar surface area (TPSA) is 46.8 Å². The number of rotatable bonds is 3. The Morgan fingerprint density at radius 1 is 1.13 bits per heavy atom. The number of thioether (sulfide) groups is 1. The maximum absolute atomic E-state index is 6.07. The molecule has 1 aromatic heterocycles. The molecule has 1 aliphatic rings. The molecule has 0 radical (unpaired) electrons. The molecule has 1 aliphatic heterocycles. The highest BCUT2D eigenvalue weighted by Crippen LogP contribution is 2.31. The van der Waals surface area contributed by atoms with Gasteiger partial charge in [0.05, 0.1) is 11.6 Å². The highest BCUT2D eigenvalue weighted by atomic mass is 35.5. The lowest BCUT2D eigenvalue weighted by Crippen LogP contribution is -2.39. The van der Waals surface area contributed by atoms with Crippen LogP contribution in [0.5, 0.6) is 0 Å². The summed E-state index contributed by atoms with van der Waals surface area (Å²) < 4.78 is 1.94. The fourth-order valence-corrected chi connectivity index (χ4v) is 3.90. The molecular weight excluding hydrogens is 330 g/mol. The maximum Gasteiger partial charge on any atom is 0.173 e. The molecule has 0 spiro atoms. The largest absolute Gasteiger partial charge is 0.288 e. The van der Waals surface area contributed by atoms with Crippen LogP contribution in [-0.4, -0.2) is 49.7 Å². The van der Waals surface area contributed by atoms with E-state index in [4.69, 9.17) is 11.6 Å². The van der Waals surface area contributed by atoms with Gasteiger partial charge in [-0.3, -0.25) is 4.90 Å². The van der Waals surface area contributed by atoms with Crippen molar-refractivity contribution in [2.45, 2.75) is 32.4 Å². The minimum Gasteiger partial charge on any atom is -0.288 e. The minimum atomic E-state index is -0.159. The van der Waals surface area contributed by atoms with Crippen LogP contribution in [0.3, 0.4) is 0 Å². The van der Waals surface area contributed by atoms with Crippen molar-refractivity contribution in [2.75, 3.05) is 24.6 Å². The van der Waals surface area contributed by atoms with E-state index >= 15 is 0 Å². The molecule has 0 bridgehead atoms. The molecule has 0 aliphatic carbocycles. The van der Waals surface area contributed by atoms with Crippen LogP contribution in [-0.2, 0) is 5.54 Å². The molecule has 23 heavy (non-hydrogen) atoms. The lowest BCUT2D eigenvalue weighted by atomic mass is 10.0. The van der Waals surface area contributed by atoms with E-state index in [0.29, 0.717) is 0 Å². The lowest BCUT2D eigenvalue weighted by molar-refractivity contribution is 0.220. The molecule has 1 aromatic carbocycles. The molecule has 0 amide bonds. The smallest absolute Gasteiger partial charge is 0.173 e. The molecule has 1 fully saturated rings. The van der Waals surface area contributed by atoms with E-state index < -0.39 is 0 Å². The first-order valence-corrected chi connectivity index (χ1v) is 9.36. The molecule has 5 nitrogen and oxygen atoms in total. The fraction of sp³-hybridized carbons (Fsp3) is 0.562. The summed E-state index contributed by atoms with van der Waals surface area (Å²) in [6.07, 6.45) is 0. The molecule has 1 atom stereocenters. The van der Waals surface area contributed by atoms with E-state index in [9.17, 15) is 0 Å². The Morgan fingerprint density at radius 2 is 1.78 bits per heavy atom. The van der Waals surface area contributed by atoms with Gasteiger partial charge < -0.3 is 0 Å². The summed E-state index contributed by atoms with van der Waals surface area (Å²) in [6, 6.07) is 8.09. The van der Waals surface area contributed by atoms with E-state index in [0.717, 1.165) is 35.4 Å². The Bertz CT molecular complexity index is 643. The van der Waals surface area contributed by atoms with Gasteiger partial charge in [0.15, 0.2) is 5.82 Å². The summed E-state index contributed by atoms with van der Waals surface area (Å²) >= 11 is 8.07. The number of hydrogen-bond donors (Lipinski definition) is 0. The van der Waals surface area contributed by atoms with Gasteiger partial charge in [0.1, 0.15) is 0 Å². The summed E-state index contributed by atoms with van der Waals surface area (Å²) in [6.45, 7) is 8.44. The average Bonchev–Trinajstić information content (AvgIpc) is 3.00. The van der Waals surface area contributed by atoms with Gasteiger partial charge in [-0.05, 0) is 48.9 Å². The van der Waals surface area contributed by atoms with Gasteiger partial charge in [-0.1, -0.05) is 23.7 Å². The van der Waals surface area contributed by atoms with Crippen LogP contribution < -0.4 is 0 Å². The number of nitrogens with zero attached hydrogens (tertiary/aromatic N) is 5. The van der Waals surface area contributed by atoms with Crippen molar-refractivity contribution < 1.29 is 0 Å². The molecule has 0 N–H and O–H groups in total. The SMILES string of the molecule is CC(C)(C)n1nnnc1[C@@H](c1ccc(Cl)cc1)N1CCSCC1. The number of aromatic nitrogens is 4. The van der Waals surface area contributed by atoms with Crippen molar-refractivity contribution in [3.8, 4) is 0 Å². The normalized spacial score (nSPS) is 18.1. The van der Waals surface area contributed by atoms with Gasteiger partial charge in [0.25, 0.3) is 0 Å². The highest BCUT2D eigenvalue weighted by molar-refractivity contribution is 7.99. The molecular formula is C16H22ClN5S. The summed E-state index contributed by atoms with van der Waals surface area (Å²) in [5.74, 6) is 3.18. The van der Waals surface area contributed by atoms with Gasteiger partial charge in [-0.2, -0.15) is 11.8 Å². The third kappa shape index (κ3) is 3.70. The van der Waals surface area contributed by atoms with Crippen LogP contribution in [0.15, 0.2) is 24.3 Å². The first kappa shape index (κ1) is 16.7. The van der Waals surface area contributed by atoms with Crippen molar-refractivity contribution in [1.29, 1.82) is 0 Å². The monoisotopic (exact) mass is 351 g/mol. The van der Waals surface area contributed by atoms with Gasteiger partial charge in [-0.15, -0.1) is 5.10 Å². The Kier molecular flexibility index (Phi) is 4.94. The molecule has 2 aromatic rings. The molecule has 0 unspecified atom stereocenters.